The molecule has 1 aromatic carbocycles. The Morgan fingerprint density at radius 2 is 2.00 bits per heavy atom. The van der Waals surface area contributed by atoms with Gasteiger partial charge in [0, 0.05) is 17.8 Å². The Balaban J connectivity index is 2.56. The first-order valence-corrected chi connectivity index (χ1v) is 4.39. The maximum Gasteiger partial charge on any atom is 0.0594 e. The van der Waals surface area contributed by atoms with Crippen LogP contribution in [0, 0.1) is 0 Å². The largest absolute Gasteiger partial charge is 0.323 e. The van der Waals surface area contributed by atoms with E-state index in [1.54, 1.807) is 0 Å². The van der Waals surface area contributed by atoms with Crippen molar-refractivity contribution in [2.24, 2.45) is 0 Å². The summed E-state index contributed by atoms with van der Waals surface area (Å²) >= 11 is 0. The molecule has 1 aliphatic rings. The van der Waals surface area contributed by atoms with Crippen molar-refractivity contribution in [2.75, 3.05) is 0 Å². The molecule has 0 fully saturated rings. The molecule has 2 heterocycles. The highest BCUT2D eigenvalue weighted by atomic mass is 14.9. The van der Waals surface area contributed by atoms with Crippen LogP contribution in [-0.4, -0.2) is 4.57 Å². The monoisotopic (exact) mass is 167 g/mol. The zero-order chi connectivity index (χ0) is 8.67. The van der Waals surface area contributed by atoms with E-state index in [1.807, 2.05) is 0 Å². The number of allylic oxidation sites excluding steroid dienone is 2. The summed E-state index contributed by atoms with van der Waals surface area (Å²) in [5.41, 5.74) is 2.58. The van der Waals surface area contributed by atoms with E-state index >= 15 is 0 Å². The third kappa shape index (κ3) is 0.872. The Labute approximate surface area is 76.6 Å². The summed E-state index contributed by atoms with van der Waals surface area (Å²) in [4.78, 5) is 0. The molecule has 0 saturated heterocycles. The van der Waals surface area contributed by atoms with E-state index in [1.165, 1.54) is 16.5 Å². The van der Waals surface area contributed by atoms with Crippen LogP contribution >= 0.6 is 0 Å². The predicted octanol–water partition coefficient (Wildman–Crippen LogP) is 3.14. The van der Waals surface area contributed by atoms with Crippen molar-refractivity contribution in [2.45, 2.75) is 0 Å². The molecule has 62 valence electrons. The Morgan fingerprint density at radius 1 is 1.00 bits per heavy atom. The third-order valence-electron chi connectivity index (χ3n) is 2.40. The van der Waals surface area contributed by atoms with Gasteiger partial charge in [0.25, 0.3) is 0 Å². The van der Waals surface area contributed by atoms with Crippen molar-refractivity contribution in [3.63, 3.8) is 0 Å². The molecule has 0 amide bonds. The van der Waals surface area contributed by atoms with E-state index < -0.39 is 0 Å². The maximum atomic E-state index is 2.16. The Morgan fingerprint density at radius 3 is 3.00 bits per heavy atom. The quantitative estimate of drug-likeness (QED) is 0.568. The number of nitrogens with zero attached hydrogens (tertiary/aromatic N) is 1. The second-order valence-corrected chi connectivity index (χ2v) is 3.21. The van der Waals surface area contributed by atoms with Gasteiger partial charge in [0.2, 0.25) is 0 Å². The molecule has 0 atom stereocenters. The highest BCUT2D eigenvalue weighted by Gasteiger charge is 2.03. The number of hydrogen-bond acceptors (Lipinski definition) is 0. The minimum atomic E-state index is 1.28. The molecule has 1 aromatic heterocycles. The van der Waals surface area contributed by atoms with Crippen molar-refractivity contribution in [1.29, 1.82) is 0 Å². The first-order valence-electron chi connectivity index (χ1n) is 4.39. The van der Waals surface area contributed by atoms with Crippen LogP contribution < -0.4 is 0 Å². The first kappa shape index (κ1) is 6.72. The van der Waals surface area contributed by atoms with Crippen LogP contribution in [0.25, 0.3) is 23.2 Å². The highest BCUT2D eigenvalue weighted by Crippen LogP contribution is 2.23. The Kier molecular flexibility index (Phi) is 1.22. The smallest absolute Gasteiger partial charge is 0.0594 e. The molecular weight excluding hydrogens is 158 g/mol. The molecule has 0 saturated carbocycles. The standard InChI is InChI=1S/C12H9N/c1-2-8-13-9-7-11-6-3-5-10(4-1)12(11)13/h1-9H. The van der Waals surface area contributed by atoms with Gasteiger partial charge in [0.15, 0.2) is 0 Å². The minimum Gasteiger partial charge on any atom is -0.323 e. The van der Waals surface area contributed by atoms with Crippen LogP contribution in [0.15, 0.2) is 42.6 Å². The lowest BCUT2D eigenvalue weighted by molar-refractivity contribution is 1.23. The summed E-state index contributed by atoms with van der Waals surface area (Å²) in [6, 6.07) is 8.52. The molecule has 13 heavy (non-hydrogen) atoms. The second kappa shape index (κ2) is 2.36. The van der Waals surface area contributed by atoms with Crippen LogP contribution in [0.4, 0.5) is 0 Å². The lowest BCUT2D eigenvalue weighted by Crippen LogP contribution is -1.83. The molecule has 0 spiro atoms. The van der Waals surface area contributed by atoms with Crippen molar-refractivity contribution in [3.8, 4) is 0 Å². The van der Waals surface area contributed by atoms with E-state index in [-0.39, 0.29) is 0 Å². The number of para-hydroxylation sites is 1. The molecule has 1 heteroatoms. The van der Waals surface area contributed by atoms with Gasteiger partial charge in [-0.25, -0.2) is 0 Å². The molecule has 0 bridgehead atoms. The Hall–Kier alpha value is -1.76. The molecule has 2 aromatic rings. The van der Waals surface area contributed by atoms with Crippen molar-refractivity contribution < 1.29 is 0 Å². The zero-order valence-electron chi connectivity index (χ0n) is 7.14. The van der Waals surface area contributed by atoms with Gasteiger partial charge in [0.05, 0.1) is 5.52 Å². The second-order valence-electron chi connectivity index (χ2n) is 3.21. The summed E-state index contributed by atoms with van der Waals surface area (Å²) in [5.74, 6) is 0. The zero-order valence-corrected chi connectivity index (χ0v) is 7.14. The van der Waals surface area contributed by atoms with Gasteiger partial charge in [-0.3, -0.25) is 0 Å². The van der Waals surface area contributed by atoms with Gasteiger partial charge in [-0.2, -0.15) is 0 Å². The SMILES string of the molecule is C1=Cc2cccc3ccn(c23)C=C1. The van der Waals surface area contributed by atoms with Crippen molar-refractivity contribution in [3.05, 3.63) is 48.2 Å². The van der Waals surface area contributed by atoms with E-state index in [4.69, 9.17) is 0 Å². The molecule has 0 N–H and O–H groups in total. The van der Waals surface area contributed by atoms with Crippen molar-refractivity contribution >= 4 is 23.2 Å². The topological polar surface area (TPSA) is 4.93 Å². The van der Waals surface area contributed by atoms with Gasteiger partial charge >= 0.3 is 0 Å². The van der Waals surface area contributed by atoms with Crippen LogP contribution in [0.1, 0.15) is 5.56 Å². The fraction of sp³-hybridized carbons (Fsp3) is 0. The summed E-state index contributed by atoms with van der Waals surface area (Å²) < 4.78 is 2.16. The van der Waals surface area contributed by atoms with Gasteiger partial charge in [-0.1, -0.05) is 30.4 Å². The number of hydrogen-bond donors (Lipinski definition) is 0. The highest BCUT2D eigenvalue weighted by molar-refractivity contribution is 5.91. The normalized spacial score (nSPS) is 13.5. The van der Waals surface area contributed by atoms with E-state index in [0.717, 1.165) is 0 Å². The average molecular weight is 167 g/mol. The summed E-state index contributed by atoms with van der Waals surface area (Å²) in [6.07, 6.45) is 10.4. The van der Waals surface area contributed by atoms with Gasteiger partial charge in [-0.15, -0.1) is 0 Å². The van der Waals surface area contributed by atoms with Crippen LogP contribution in [0.3, 0.4) is 0 Å². The lowest BCUT2D eigenvalue weighted by atomic mass is 10.1. The van der Waals surface area contributed by atoms with E-state index in [9.17, 15) is 0 Å². The van der Waals surface area contributed by atoms with Gasteiger partial charge < -0.3 is 4.57 Å². The summed E-state index contributed by atoms with van der Waals surface area (Å²) in [6.45, 7) is 0. The van der Waals surface area contributed by atoms with Crippen LogP contribution in [0.5, 0.6) is 0 Å². The molecule has 0 aliphatic carbocycles. The minimum absolute atomic E-state index is 1.28. The number of benzene rings is 1. The van der Waals surface area contributed by atoms with E-state index in [0.29, 0.717) is 0 Å². The molecule has 0 unspecified atom stereocenters. The molecule has 1 nitrogen and oxygen atoms in total. The van der Waals surface area contributed by atoms with Gasteiger partial charge in [-0.05, 0) is 17.7 Å². The first-order chi connectivity index (χ1) is 6.45. The van der Waals surface area contributed by atoms with Crippen molar-refractivity contribution in [1.82, 2.24) is 4.57 Å². The lowest BCUT2D eigenvalue weighted by Gasteiger charge is -1.99. The molecule has 1 aliphatic heterocycles. The number of rotatable bonds is 0. The van der Waals surface area contributed by atoms with Crippen LogP contribution in [-0.2, 0) is 0 Å². The molecule has 0 radical (unpaired) electrons. The summed E-state index contributed by atoms with van der Waals surface area (Å²) in [5, 5.41) is 1.30. The average Bonchev–Trinajstić information content (AvgIpc) is 2.44. The molecular formula is C12H9N. The predicted molar refractivity (Wildman–Crippen MR) is 56.3 cm³/mol. The Bertz CT molecular complexity index is 515. The van der Waals surface area contributed by atoms with Gasteiger partial charge in [0.1, 0.15) is 0 Å². The molecule has 3 rings (SSSR count). The fourth-order valence-corrected chi connectivity index (χ4v) is 1.81. The van der Waals surface area contributed by atoms with Crippen LogP contribution in [0.2, 0.25) is 0 Å². The van der Waals surface area contributed by atoms with E-state index in [2.05, 4.69) is 59.5 Å². The third-order valence-corrected chi connectivity index (χ3v) is 2.40. The summed E-state index contributed by atoms with van der Waals surface area (Å²) in [7, 11) is 0. The number of aromatic nitrogens is 1. The maximum absolute atomic E-state index is 2.16. The fourth-order valence-electron chi connectivity index (χ4n) is 1.81.